The monoisotopic (exact) mass is 291 g/mol. The number of nitrogens with one attached hydrogen (secondary N) is 1. The predicted molar refractivity (Wildman–Crippen MR) is 81.5 cm³/mol. The molecule has 0 unspecified atom stereocenters. The van der Waals surface area contributed by atoms with Gasteiger partial charge in [0.25, 0.3) is 0 Å². The Labute approximate surface area is 122 Å². The molecule has 2 rings (SSSR count). The number of nitrogens with zero attached hydrogens (tertiary/aromatic N) is 3. The van der Waals surface area contributed by atoms with Crippen LogP contribution in [0, 0.1) is 0 Å². The molecule has 1 heterocycles. The van der Waals surface area contributed by atoms with Gasteiger partial charge in [0.15, 0.2) is 0 Å². The van der Waals surface area contributed by atoms with Crippen molar-refractivity contribution in [3.8, 4) is 6.01 Å². The van der Waals surface area contributed by atoms with E-state index < -0.39 is 0 Å². The molecule has 0 fully saturated rings. The van der Waals surface area contributed by atoms with Crippen molar-refractivity contribution in [3.63, 3.8) is 0 Å². The third-order valence-corrected chi connectivity index (χ3v) is 3.22. The normalized spacial score (nSPS) is 10.3. The lowest BCUT2D eigenvalue weighted by molar-refractivity contribution is 0.292. The Kier molecular flexibility index (Phi) is 5.00. The van der Waals surface area contributed by atoms with Crippen LogP contribution in [0.4, 0.5) is 17.6 Å². The van der Waals surface area contributed by atoms with E-state index in [0.717, 1.165) is 17.0 Å². The molecule has 0 aliphatic heterocycles. The largest absolute Gasteiger partial charge is 0.463 e. The zero-order valence-electron chi connectivity index (χ0n) is 11.5. The number of benzene rings is 1. The molecule has 0 amide bonds. The van der Waals surface area contributed by atoms with Crippen molar-refractivity contribution in [2.45, 2.75) is 18.2 Å². The first-order valence-corrected chi connectivity index (χ1v) is 7.49. The minimum atomic E-state index is 0.134. The van der Waals surface area contributed by atoms with Crippen molar-refractivity contribution in [2.75, 3.05) is 23.9 Å². The summed E-state index contributed by atoms with van der Waals surface area (Å²) in [6.07, 6.45) is 2.89. The second kappa shape index (κ2) is 6.95. The van der Waals surface area contributed by atoms with E-state index in [1.807, 2.05) is 37.4 Å². The highest BCUT2D eigenvalue weighted by atomic mass is 32.2. The van der Waals surface area contributed by atoms with E-state index in [-0.39, 0.29) is 12.0 Å². The van der Waals surface area contributed by atoms with Gasteiger partial charge < -0.3 is 15.8 Å². The van der Waals surface area contributed by atoms with Gasteiger partial charge in [-0.15, -0.1) is 11.8 Å². The maximum atomic E-state index is 5.67. The van der Waals surface area contributed by atoms with E-state index >= 15 is 0 Å². The fourth-order valence-corrected chi connectivity index (χ4v) is 2.11. The van der Waals surface area contributed by atoms with Gasteiger partial charge in [-0.05, 0) is 24.8 Å². The molecule has 0 aliphatic rings. The Morgan fingerprint density at radius 2 is 2.05 bits per heavy atom. The van der Waals surface area contributed by atoms with Crippen LogP contribution in [0.2, 0.25) is 0 Å². The van der Waals surface area contributed by atoms with Crippen LogP contribution >= 0.6 is 11.8 Å². The summed E-state index contributed by atoms with van der Waals surface area (Å²) in [5.74, 6) is 0.514. The quantitative estimate of drug-likeness (QED) is 0.791. The Balaban J connectivity index is 2.22. The molecule has 0 radical (unpaired) electrons. The van der Waals surface area contributed by atoms with Crippen LogP contribution in [0.15, 0.2) is 29.2 Å². The number of thioether (sulfide) groups is 1. The van der Waals surface area contributed by atoms with Crippen molar-refractivity contribution in [2.24, 2.45) is 0 Å². The molecule has 3 N–H and O–H groups in total. The van der Waals surface area contributed by atoms with Gasteiger partial charge in [-0.1, -0.05) is 19.1 Å². The van der Waals surface area contributed by atoms with Gasteiger partial charge in [0.05, 0.1) is 12.3 Å². The fraction of sp³-hybridized carbons (Fsp3) is 0.308. The standard InChI is InChI=1S/C13H17N5OS/c1-3-8-19-13-17-11(14)16-12(18-13)15-9-6-4-5-7-10(9)20-2/h4-7H,3,8H2,1-2H3,(H3,14,15,16,17,18). The molecule has 2 aromatic rings. The van der Waals surface area contributed by atoms with Crippen LogP contribution in [0.1, 0.15) is 13.3 Å². The molecule has 0 spiro atoms. The molecule has 7 heteroatoms. The summed E-state index contributed by atoms with van der Waals surface area (Å²) in [6.45, 7) is 2.56. The number of aromatic nitrogens is 3. The predicted octanol–water partition coefficient (Wildman–Crippen LogP) is 2.71. The molecular weight excluding hydrogens is 274 g/mol. The third kappa shape index (κ3) is 3.74. The van der Waals surface area contributed by atoms with Crippen molar-refractivity contribution < 1.29 is 4.74 Å². The summed E-state index contributed by atoms with van der Waals surface area (Å²) >= 11 is 1.64. The first-order valence-electron chi connectivity index (χ1n) is 6.27. The summed E-state index contributed by atoms with van der Waals surface area (Å²) in [6, 6.07) is 8.14. The second-order valence-electron chi connectivity index (χ2n) is 3.97. The molecule has 0 bridgehead atoms. The van der Waals surface area contributed by atoms with Gasteiger partial charge in [0, 0.05) is 4.90 Å². The molecule has 1 aromatic heterocycles. The second-order valence-corrected chi connectivity index (χ2v) is 4.82. The maximum Gasteiger partial charge on any atom is 0.323 e. The van der Waals surface area contributed by atoms with Gasteiger partial charge in [0.2, 0.25) is 11.9 Å². The van der Waals surface area contributed by atoms with E-state index in [9.17, 15) is 0 Å². The summed E-state index contributed by atoms with van der Waals surface area (Å²) in [5, 5.41) is 3.14. The molecule has 0 saturated carbocycles. The topological polar surface area (TPSA) is 86.0 Å². The van der Waals surface area contributed by atoms with Gasteiger partial charge in [-0.25, -0.2) is 0 Å². The Morgan fingerprint density at radius 3 is 2.80 bits per heavy atom. The lowest BCUT2D eigenvalue weighted by Crippen LogP contribution is -2.07. The highest BCUT2D eigenvalue weighted by molar-refractivity contribution is 7.98. The molecule has 1 aromatic carbocycles. The minimum absolute atomic E-state index is 0.134. The number of nitrogens with two attached hydrogens (primary N) is 1. The minimum Gasteiger partial charge on any atom is -0.463 e. The van der Waals surface area contributed by atoms with Gasteiger partial charge >= 0.3 is 6.01 Å². The average Bonchev–Trinajstić information content (AvgIpc) is 2.45. The first kappa shape index (κ1) is 14.4. The lowest BCUT2D eigenvalue weighted by atomic mass is 10.3. The van der Waals surface area contributed by atoms with E-state index in [0.29, 0.717) is 12.6 Å². The molecule has 20 heavy (non-hydrogen) atoms. The third-order valence-electron chi connectivity index (χ3n) is 2.42. The van der Waals surface area contributed by atoms with Gasteiger partial charge in [-0.2, -0.15) is 15.0 Å². The number of nitrogen functional groups attached to an aromatic ring is 1. The van der Waals surface area contributed by atoms with Crippen molar-refractivity contribution >= 4 is 29.3 Å². The number of rotatable bonds is 6. The SMILES string of the molecule is CCCOc1nc(N)nc(Nc2ccccc2SC)n1. The molecule has 106 valence electrons. The lowest BCUT2D eigenvalue weighted by Gasteiger charge is -2.10. The van der Waals surface area contributed by atoms with E-state index in [2.05, 4.69) is 20.3 Å². The molecule has 0 saturated heterocycles. The molecular formula is C13H17N5OS. The molecule has 0 aliphatic carbocycles. The number of para-hydroxylation sites is 1. The highest BCUT2D eigenvalue weighted by Crippen LogP contribution is 2.27. The highest BCUT2D eigenvalue weighted by Gasteiger charge is 2.07. The van der Waals surface area contributed by atoms with Crippen LogP contribution in [0.5, 0.6) is 6.01 Å². The number of hydrogen-bond donors (Lipinski definition) is 2. The summed E-state index contributed by atoms with van der Waals surface area (Å²) in [7, 11) is 0. The Morgan fingerprint density at radius 1 is 1.25 bits per heavy atom. The van der Waals surface area contributed by atoms with Crippen LogP contribution in [0.3, 0.4) is 0 Å². The molecule has 0 atom stereocenters. The summed E-state index contributed by atoms with van der Waals surface area (Å²) < 4.78 is 5.38. The van der Waals surface area contributed by atoms with Crippen LogP contribution in [0.25, 0.3) is 0 Å². The van der Waals surface area contributed by atoms with Crippen LogP contribution in [-0.2, 0) is 0 Å². The Bertz CT molecular complexity index is 578. The van der Waals surface area contributed by atoms with Crippen molar-refractivity contribution in [3.05, 3.63) is 24.3 Å². The van der Waals surface area contributed by atoms with Crippen LogP contribution in [-0.4, -0.2) is 27.8 Å². The van der Waals surface area contributed by atoms with Gasteiger partial charge in [0.1, 0.15) is 0 Å². The van der Waals surface area contributed by atoms with Gasteiger partial charge in [-0.3, -0.25) is 0 Å². The fourth-order valence-electron chi connectivity index (χ4n) is 1.55. The first-order chi connectivity index (χ1) is 9.72. The number of hydrogen-bond acceptors (Lipinski definition) is 7. The number of ether oxygens (including phenoxy) is 1. The average molecular weight is 291 g/mol. The molecule has 6 nitrogen and oxygen atoms in total. The number of anilines is 3. The summed E-state index contributed by atoms with van der Waals surface area (Å²) in [5.41, 5.74) is 6.59. The Hall–Kier alpha value is -2.02. The summed E-state index contributed by atoms with van der Waals surface area (Å²) in [4.78, 5) is 13.3. The van der Waals surface area contributed by atoms with E-state index in [1.165, 1.54) is 0 Å². The zero-order valence-corrected chi connectivity index (χ0v) is 12.3. The van der Waals surface area contributed by atoms with Crippen molar-refractivity contribution in [1.82, 2.24) is 15.0 Å². The van der Waals surface area contributed by atoms with E-state index in [1.54, 1.807) is 11.8 Å². The van der Waals surface area contributed by atoms with Crippen LogP contribution < -0.4 is 15.8 Å². The maximum absolute atomic E-state index is 5.67. The smallest absolute Gasteiger partial charge is 0.323 e. The zero-order chi connectivity index (χ0) is 14.4. The van der Waals surface area contributed by atoms with Crippen molar-refractivity contribution in [1.29, 1.82) is 0 Å². The van der Waals surface area contributed by atoms with E-state index in [4.69, 9.17) is 10.5 Å².